The molecule has 1 aromatic heterocycles. The van der Waals surface area contributed by atoms with E-state index in [1.165, 1.54) is 32.4 Å². The number of methoxy groups -OCH3 is 2. The van der Waals surface area contributed by atoms with Gasteiger partial charge in [0, 0.05) is 11.6 Å². The average Bonchev–Trinajstić information content (AvgIpc) is 2.92. The van der Waals surface area contributed by atoms with Gasteiger partial charge < -0.3 is 24.2 Å². The quantitative estimate of drug-likeness (QED) is 0.151. The van der Waals surface area contributed by atoms with Crippen LogP contribution in [0.4, 0.5) is 0 Å². The van der Waals surface area contributed by atoms with Gasteiger partial charge >= 0.3 is 5.97 Å². The summed E-state index contributed by atoms with van der Waals surface area (Å²) in [4.78, 5) is 30.7. The molecule has 0 aliphatic heterocycles. The van der Waals surface area contributed by atoms with Gasteiger partial charge in [-0.3, -0.25) is 4.79 Å². The fraction of sp³-hybridized carbons (Fsp3) is 0.185. The highest BCUT2D eigenvalue weighted by atomic mass is 16.5. The molecule has 36 heavy (non-hydrogen) atoms. The number of ether oxygens (including phenoxy) is 4. The van der Waals surface area contributed by atoms with E-state index in [0.29, 0.717) is 39.7 Å². The number of hydrogen-bond acceptors (Lipinski definition) is 8. The van der Waals surface area contributed by atoms with Gasteiger partial charge in [0.25, 0.3) is 11.5 Å². The molecule has 1 heterocycles. The van der Waals surface area contributed by atoms with E-state index in [1.807, 2.05) is 6.92 Å². The van der Waals surface area contributed by atoms with Crippen molar-refractivity contribution in [1.82, 2.24) is 4.98 Å². The van der Waals surface area contributed by atoms with E-state index in [9.17, 15) is 14.8 Å². The maximum Gasteiger partial charge on any atom is 0.338 e. The number of nitrogens with zero attached hydrogens (tertiary/aromatic N) is 2. The van der Waals surface area contributed by atoms with Crippen molar-refractivity contribution in [2.45, 2.75) is 13.5 Å². The third kappa shape index (κ3) is 5.05. The highest BCUT2D eigenvalue weighted by Gasteiger charge is 2.28. The Morgan fingerprint density at radius 3 is 2.22 bits per heavy atom. The molecule has 0 saturated carbocycles. The Morgan fingerprint density at radius 1 is 0.889 bits per heavy atom. The van der Waals surface area contributed by atoms with Crippen LogP contribution in [0.1, 0.15) is 39.0 Å². The topological polar surface area (TPSA) is 111 Å². The molecular weight excluding hydrogens is 464 g/mol. The predicted octanol–water partition coefficient (Wildman–Crippen LogP) is 3.87. The summed E-state index contributed by atoms with van der Waals surface area (Å²) < 4.78 is 21.9. The lowest BCUT2D eigenvalue weighted by Crippen LogP contribution is -2.38. The first-order valence-electron chi connectivity index (χ1n) is 11.1. The third-order valence-electron chi connectivity index (χ3n) is 5.39. The zero-order chi connectivity index (χ0) is 25.7. The molecule has 9 heteroatoms. The number of benzene rings is 3. The largest absolute Gasteiger partial charge is 0.618 e. The van der Waals surface area contributed by atoms with E-state index in [-0.39, 0.29) is 22.5 Å². The summed E-state index contributed by atoms with van der Waals surface area (Å²) in [5.74, 6) is 0.0491. The summed E-state index contributed by atoms with van der Waals surface area (Å²) in [7, 11) is 2.93. The molecule has 0 fully saturated rings. The van der Waals surface area contributed by atoms with E-state index in [0.717, 1.165) is 0 Å². The van der Waals surface area contributed by atoms with Gasteiger partial charge in [0.15, 0.2) is 5.69 Å². The molecule has 0 saturated heterocycles. The van der Waals surface area contributed by atoms with Crippen molar-refractivity contribution in [2.75, 3.05) is 20.8 Å². The van der Waals surface area contributed by atoms with Crippen LogP contribution in [0.2, 0.25) is 0 Å². The number of aromatic nitrogens is 2. The van der Waals surface area contributed by atoms with Crippen LogP contribution in [0.15, 0.2) is 66.7 Å². The fourth-order valence-corrected chi connectivity index (χ4v) is 3.65. The van der Waals surface area contributed by atoms with Gasteiger partial charge in [0.2, 0.25) is 5.52 Å². The van der Waals surface area contributed by atoms with Crippen LogP contribution in [-0.2, 0) is 11.3 Å². The molecular formula is C27H24N2O7. The maximum absolute atomic E-state index is 13.4. The number of fused-ring (bicyclic) bond motifs is 1. The summed E-state index contributed by atoms with van der Waals surface area (Å²) in [6.07, 6.45) is 0. The SMILES string of the molecule is CCOc1ccc2nc(COC(=O)c3cc(OC)cc(OC)c3)c(C(=O)c3ccccc3)[n+]([O-])c2c1. The van der Waals surface area contributed by atoms with Crippen molar-refractivity contribution in [3.8, 4) is 17.2 Å². The van der Waals surface area contributed by atoms with Gasteiger partial charge in [-0.25, -0.2) is 9.78 Å². The molecule has 0 N–H and O–H groups in total. The van der Waals surface area contributed by atoms with Crippen LogP contribution in [0.3, 0.4) is 0 Å². The molecule has 0 atom stereocenters. The number of carbonyl (C=O) groups is 2. The Labute approximate surface area is 207 Å². The van der Waals surface area contributed by atoms with Gasteiger partial charge in [-0.05, 0) is 31.2 Å². The zero-order valence-electron chi connectivity index (χ0n) is 20.0. The summed E-state index contributed by atoms with van der Waals surface area (Å²) >= 11 is 0. The van der Waals surface area contributed by atoms with E-state index >= 15 is 0 Å². The van der Waals surface area contributed by atoms with E-state index in [2.05, 4.69) is 4.98 Å². The first-order chi connectivity index (χ1) is 17.4. The van der Waals surface area contributed by atoms with Gasteiger partial charge in [0.1, 0.15) is 29.4 Å². The Morgan fingerprint density at radius 2 is 1.58 bits per heavy atom. The number of carbonyl (C=O) groups excluding carboxylic acids is 2. The van der Waals surface area contributed by atoms with Gasteiger partial charge in [-0.1, -0.05) is 30.3 Å². The van der Waals surface area contributed by atoms with Gasteiger partial charge in [-0.2, -0.15) is 4.73 Å². The number of esters is 1. The predicted molar refractivity (Wildman–Crippen MR) is 130 cm³/mol. The first-order valence-corrected chi connectivity index (χ1v) is 11.1. The second-order valence-electron chi connectivity index (χ2n) is 7.66. The smallest absolute Gasteiger partial charge is 0.338 e. The molecule has 0 aliphatic carbocycles. The fourth-order valence-electron chi connectivity index (χ4n) is 3.65. The second-order valence-corrected chi connectivity index (χ2v) is 7.66. The lowest BCUT2D eigenvalue weighted by molar-refractivity contribution is -0.580. The highest BCUT2D eigenvalue weighted by Crippen LogP contribution is 2.24. The molecule has 4 aromatic rings. The Hall–Kier alpha value is -4.66. The lowest BCUT2D eigenvalue weighted by Gasteiger charge is -2.13. The monoisotopic (exact) mass is 488 g/mol. The molecule has 0 radical (unpaired) electrons. The molecule has 0 unspecified atom stereocenters. The van der Waals surface area contributed by atoms with Crippen LogP contribution in [0.25, 0.3) is 11.0 Å². The van der Waals surface area contributed by atoms with Crippen molar-refractivity contribution < 1.29 is 33.3 Å². The second kappa shape index (κ2) is 10.7. The molecule has 0 amide bonds. The van der Waals surface area contributed by atoms with Crippen LogP contribution >= 0.6 is 0 Å². The first kappa shape index (κ1) is 24.5. The van der Waals surface area contributed by atoms with Gasteiger partial charge in [-0.15, -0.1) is 0 Å². The summed E-state index contributed by atoms with van der Waals surface area (Å²) in [5, 5.41) is 13.4. The number of hydrogen-bond donors (Lipinski definition) is 0. The minimum Gasteiger partial charge on any atom is -0.618 e. The van der Waals surface area contributed by atoms with Crippen molar-refractivity contribution in [3.05, 3.63) is 94.5 Å². The average molecular weight is 488 g/mol. The Balaban J connectivity index is 1.74. The van der Waals surface area contributed by atoms with Gasteiger partial charge in [0.05, 0.1) is 32.5 Å². The van der Waals surface area contributed by atoms with E-state index in [4.69, 9.17) is 18.9 Å². The summed E-state index contributed by atoms with van der Waals surface area (Å²) in [6.45, 7) is 1.84. The molecule has 9 nitrogen and oxygen atoms in total. The summed E-state index contributed by atoms with van der Waals surface area (Å²) in [5.41, 5.74) is 0.755. The number of rotatable bonds is 9. The van der Waals surface area contributed by atoms with E-state index in [1.54, 1.807) is 48.5 Å². The Bertz CT molecular complexity index is 1400. The maximum atomic E-state index is 13.4. The molecule has 0 bridgehead atoms. The van der Waals surface area contributed by atoms with E-state index < -0.39 is 18.4 Å². The molecule has 0 spiro atoms. The summed E-state index contributed by atoms with van der Waals surface area (Å²) in [6, 6.07) is 17.8. The normalized spacial score (nSPS) is 10.6. The molecule has 3 aromatic carbocycles. The standard InChI is InChI=1S/C27H24N2O7/c1-4-35-19-10-11-22-24(15-19)29(32)25(26(30)17-8-6-5-7-9-17)23(28-22)16-36-27(31)18-12-20(33-2)14-21(13-18)34-3/h5-15H,4,16H2,1-3H3. The van der Waals surface area contributed by atoms with Crippen molar-refractivity contribution in [3.63, 3.8) is 0 Å². The molecule has 4 rings (SSSR count). The molecule has 184 valence electrons. The molecule has 0 aliphatic rings. The number of ketones is 1. The van der Waals surface area contributed by atoms with Crippen LogP contribution in [0, 0.1) is 5.21 Å². The van der Waals surface area contributed by atoms with Crippen molar-refractivity contribution in [2.24, 2.45) is 0 Å². The van der Waals surface area contributed by atoms with Crippen LogP contribution in [0.5, 0.6) is 17.2 Å². The minimum absolute atomic E-state index is 0.0266. The van der Waals surface area contributed by atoms with Crippen molar-refractivity contribution >= 4 is 22.8 Å². The Kier molecular flexibility index (Phi) is 7.29. The lowest BCUT2D eigenvalue weighted by atomic mass is 10.1. The minimum atomic E-state index is -0.698. The van der Waals surface area contributed by atoms with Crippen LogP contribution < -0.4 is 18.9 Å². The highest BCUT2D eigenvalue weighted by molar-refractivity contribution is 6.07. The third-order valence-corrected chi connectivity index (χ3v) is 5.39. The zero-order valence-corrected chi connectivity index (χ0v) is 20.0. The van der Waals surface area contributed by atoms with Crippen LogP contribution in [-0.4, -0.2) is 37.6 Å². The van der Waals surface area contributed by atoms with Crippen molar-refractivity contribution in [1.29, 1.82) is 0 Å².